The van der Waals surface area contributed by atoms with E-state index in [-0.39, 0.29) is 16.3 Å². The molecule has 0 bridgehead atoms. The molecule has 0 atom stereocenters. The van der Waals surface area contributed by atoms with E-state index in [9.17, 15) is 4.39 Å². The molecule has 0 unspecified atom stereocenters. The van der Waals surface area contributed by atoms with Crippen LogP contribution in [0.25, 0.3) is 0 Å². The van der Waals surface area contributed by atoms with Crippen LogP contribution in [0.3, 0.4) is 0 Å². The third-order valence-electron chi connectivity index (χ3n) is 1.50. The molecule has 0 aromatic heterocycles. The van der Waals surface area contributed by atoms with Crippen molar-refractivity contribution in [2.45, 2.75) is 0 Å². The lowest BCUT2D eigenvalue weighted by Crippen LogP contribution is -1.95. The van der Waals surface area contributed by atoms with Gasteiger partial charge in [-0.1, -0.05) is 16.8 Å². The van der Waals surface area contributed by atoms with E-state index in [0.29, 0.717) is 0 Å². The molecule has 3 nitrogen and oxygen atoms in total. The summed E-state index contributed by atoms with van der Waals surface area (Å²) >= 11 is 5.50. The summed E-state index contributed by atoms with van der Waals surface area (Å²) < 4.78 is 18.1. The zero-order chi connectivity index (χ0) is 9.84. The van der Waals surface area contributed by atoms with Gasteiger partial charge in [-0.25, -0.2) is 4.39 Å². The second-order valence-electron chi connectivity index (χ2n) is 2.22. The van der Waals surface area contributed by atoms with Gasteiger partial charge in [0.2, 0.25) is 0 Å². The molecule has 0 amide bonds. The topological polar surface area (TPSA) is 41.8 Å². The number of nitrogens with zero attached hydrogens (tertiary/aromatic N) is 1. The summed E-state index contributed by atoms with van der Waals surface area (Å²) in [6.07, 6.45) is 0.931. The van der Waals surface area contributed by atoms with Gasteiger partial charge in [0.05, 0.1) is 23.9 Å². The van der Waals surface area contributed by atoms with Crippen LogP contribution in [0.4, 0.5) is 4.39 Å². The van der Waals surface area contributed by atoms with E-state index in [1.807, 2.05) is 0 Å². The Morgan fingerprint density at radius 1 is 1.62 bits per heavy atom. The van der Waals surface area contributed by atoms with E-state index >= 15 is 0 Å². The van der Waals surface area contributed by atoms with Gasteiger partial charge in [-0.2, -0.15) is 0 Å². The Kier molecular flexibility index (Phi) is 3.08. The number of hydrogen-bond acceptors (Lipinski definition) is 3. The van der Waals surface area contributed by atoms with Crippen molar-refractivity contribution in [2.75, 3.05) is 7.11 Å². The van der Waals surface area contributed by atoms with Crippen LogP contribution in [0.1, 0.15) is 5.56 Å². The predicted molar refractivity (Wildman–Crippen MR) is 47.3 cm³/mol. The first kappa shape index (κ1) is 9.80. The summed E-state index contributed by atoms with van der Waals surface area (Å²) in [7, 11) is 1.39. The van der Waals surface area contributed by atoms with E-state index < -0.39 is 5.82 Å². The highest BCUT2D eigenvalue weighted by Crippen LogP contribution is 2.25. The summed E-state index contributed by atoms with van der Waals surface area (Å²) in [5.74, 6) is -0.404. The first-order valence-corrected chi connectivity index (χ1v) is 3.78. The van der Waals surface area contributed by atoms with Gasteiger partial charge in [0, 0.05) is 0 Å². The number of methoxy groups -OCH3 is 1. The molecule has 1 aromatic carbocycles. The highest BCUT2D eigenvalue weighted by atomic mass is 35.5. The van der Waals surface area contributed by atoms with Crippen molar-refractivity contribution < 1.29 is 14.3 Å². The van der Waals surface area contributed by atoms with Crippen molar-refractivity contribution in [2.24, 2.45) is 5.16 Å². The van der Waals surface area contributed by atoms with E-state index in [4.69, 9.17) is 21.5 Å². The number of oxime groups is 1. The number of halogens is 2. The van der Waals surface area contributed by atoms with Crippen LogP contribution in [-0.2, 0) is 0 Å². The number of hydrogen-bond donors (Lipinski definition) is 1. The largest absolute Gasteiger partial charge is 0.496 e. The van der Waals surface area contributed by atoms with Gasteiger partial charge < -0.3 is 9.94 Å². The summed E-state index contributed by atoms with van der Waals surface area (Å²) in [5.41, 5.74) is 0.0255. The standard InChI is InChI=1S/C8H7ClFNO2/c1-13-7-3-2-6(9)8(10)5(7)4-11-12/h2-4,12H,1H3. The molecule has 13 heavy (non-hydrogen) atoms. The molecule has 1 N–H and O–H groups in total. The minimum absolute atomic E-state index is 0.0255. The Labute approximate surface area is 79.4 Å². The quantitative estimate of drug-likeness (QED) is 0.455. The van der Waals surface area contributed by atoms with Gasteiger partial charge in [0.1, 0.15) is 5.75 Å². The van der Waals surface area contributed by atoms with Crippen LogP contribution in [0, 0.1) is 5.82 Å². The summed E-state index contributed by atoms with van der Waals surface area (Å²) in [6.45, 7) is 0. The Hall–Kier alpha value is -1.29. The van der Waals surface area contributed by atoms with Crippen molar-refractivity contribution >= 4 is 17.8 Å². The fourth-order valence-electron chi connectivity index (χ4n) is 0.905. The Balaban J connectivity index is 3.32. The Morgan fingerprint density at radius 2 is 2.31 bits per heavy atom. The van der Waals surface area contributed by atoms with E-state index in [2.05, 4.69) is 5.16 Å². The van der Waals surface area contributed by atoms with Crippen LogP contribution < -0.4 is 4.74 Å². The first-order valence-electron chi connectivity index (χ1n) is 3.40. The van der Waals surface area contributed by atoms with Crippen LogP contribution >= 0.6 is 11.6 Å². The molecule has 1 rings (SSSR count). The predicted octanol–water partition coefficient (Wildman–Crippen LogP) is 2.30. The highest BCUT2D eigenvalue weighted by Gasteiger charge is 2.10. The van der Waals surface area contributed by atoms with E-state index in [1.165, 1.54) is 19.2 Å². The number of rotatable bonds is 2. The van der Waals surface area contributed by atoms with Crippen LogP contribution in [-0.4, -0.2) is 18.5 Å². The molecule has 1 aromatic rings. The van der Waals surface area contributed by atoms with Crippen LogP contribution in [0.2, 0.25) is 5.02 Å². The first-order chi connectivity index (χ1) is 6.20. The molecule has 0 saturated carbocycles. The summed E-state index contributed by atoms with van der Waals surface area (Å²) in [6, 6.07) is 2.85. The van der Waals surface area contributed by atoms with Crippen molar-refractivity contribution in [1.82, 2.24) is 0 Å². The molecule has 0 heterocycles. The van der Waals surface area contributed by atoms with Gasteiger partial charge in [-0.3, -0.25) is 0 Å². The molecule has 0 aliphatic heterocycles. The number of ether oxygens (including phenoxy) is 1. The lowest BCUT2D eigenvalue weighted by molar-refractivity contribution is 0.321. The maximum absolute atomic E-state index is 13.2. The average molecular weight is 204 g/mol. The van der Waals surface area contributed by atoms with Gasteiger partial charge in [0.25, 0.3) is 0 Å². The smallest absolute Gasteiger partial charge is 0.154 e. The second kappa shape index (κ2) is 4.09. The lowest BCUT2D eigenvalue weighted by atomic mass is 10.2. The fourth-order valence-corrected chi connectivity index (χ4v) is 1.07. The maximum Gasteiger partial charge on any atom is 0.154 e. The van der Waals surface area contributed by atoms with Gasteiger partial charge in [-0.05, 0) is 12.1 Å². The van der Waals surface area contributed by atoms with Crippen molar-refractivity contribution in [3.05, 3.63) is 28.5 Å². The average Bonchev–Trinajstić information content (AvgIpc) is 2.14. The molecule has 70 valence electrons. The SMILES string of the molecule is COc1ccc(Cl)c(F)c1C=NO. The molecule has 5 heteroatoms. The Morgan fingerprint density at radius 3 is 2.85 bits per heavy atom. The molecular formula is C8H7ClFNO2. The molecule has 0 fully saturated rings. The minimum Gasteiger partial charge on any atom is -0.496 e. The molecule has 0 radical (unpaired) electrons. The zero-order valence-corrected chi connectivity index (χ0v) is 7.55. The fraction of sp³-hybridized carbons (Fsp3) is 0.125. The maximum atomic E-state index is 13.2. The van der Waals surface area contributed by atoms with E-state index in [1.54, 1.807) is 0 Å². The van der Waals surface area contributed by atoms with Crippen LogP contribution in [0.5, 0.6) is 5.75 Å². The second-order valence-corrected chi connectivity index (χ2v) is 2.63. The number of benzene rings is 1. The van der Waals surface area contributed by atoms with Crippen molar-refractivity contribution in [3.63, 3.8) is 0 Å². The lowest BCUT2D eigenvalue weighted by Gasteiger charge is -2.05. The normalized spacial score (nSPS) is 10.7. The zero-order valence-electron chi connectivity index (χ0n) is 6.79. The van der Waals surface area contributed by atoms with Crippen molar-refractivity contribution in [3.8, 4) is 5.75 Å². The third-order valence-corrected chi connectivity index (χ3v) is 1.79. The van der Waals surface area contributed by atoms with Crippen molar-refractivity contribution in [1.29, 1.82) is 0 Å². The molecular weight excluding hydrogens is 197 g/mol. The molecule has 0 saturated heterocycles. The Bertz CT molecular complexity index is 341. The monoisotopic (exact) mass is 203 g/mol. The summed E-state index contributed by atoms with van der Waals surface area (Å²) in [4.78, 5) is 0. The van der Waals surface area contributed by atoms with Gasteiger partial charge in [-0.15, -0.1) is 0 Å². The van der Waals surface area contributed by atoms with Crippen LogP contribution in [0.15, 0.2) is 17.3 Å². The third kappa shape index (κ3) is 1.89. The summed E-state index contributed by atoms with van der Waals surface area (Å²) in [5, 5.41) is 10.9. The molecule has 0 aliphatic carbocycles. The van der Waals surface area contributed by atoms with Gasteiger partial charge >= 0.3 is 0 Å². The minimum atomic E-state index is -0.668. The highest BCUT2D eigenvalue weighted by molar-refractivity contribution is 6.31. The van der Waals surface area contributed by atoms with E-state index in [0.717, 1.165) is 6.21 Å². The molecule has 0 aliphatic rings. The van der Waals surface area contributed by atoms with Gasteiger partial charge in [0.15, 0.2) is 5.82 Å². The molecule has 0 spiro atoms.